The lowest BCUT2D eigenvalue weighted by Crippen LogP contribution is -2.50. The van der Waals surface area contributed by atoms with Crippen molar-refractivity contribution in [3.05, 3.63) is 58.2 Å². The van der Waals surface area contributed by atoms with Crippen molar-refractivity contribution in [3.63, 3.8) is 0 Å². The molecule has 2 aromatic rings. The number of nitrogens with zero attached hydrogens (tertiary/aromatic N) is 3. The Hall–Kier alpha value is -2.45. The molecule has 1 aliphatic rings. The summed E-state index contributed by atoms with van der Waals surface area (Å²) in [4.78, 5) is 33.5. The third-order valence-corrected chi connectivity index (χ3v) is 5.74. The Labute approximate surface area is 184 Å². The number of aromatic nitrogens is 1. The monoisotopic (exact) mass is 475 g/mol. The first kappa shape index (κ1) is 22.2. The van der Waals surface area contributed by atoms with E-state index < -0.39 is 0 Å². The van der Waals surface area contributed by atoms with Gasteiger partial charge >= 0.3 is 0 Å². The summed E-state index contributed by atoms with van der Waals surface area (Å²) in [5.41, 5.74) is 0.935. The average molecular weight is 476 g/mol. The van der Waals surface area contributed by atoms with Crippen LogP contribution in [0.25, 0.3) is 0 Å². The molecule has 30 heavy (non-hydrogen) atoms. The van der Waals surface area contributed by atoms with Gasteiger partial charge in [0.15, 0.2) is 0 Å². The van der Waals surface area contributed by atoms with Crippen LogP contribution in [0.2, 0.25) is 0 Å². The van der Waals surface area contributed by atoms with E-state index in [0.717, 1.165) is 0 Å². The zero-order valence-electron chi connectivity index (χ0n) is 17.3. The van der Waals surface area contributed by atoms with Crippen molar-refractivity contribution in [1.82, 2.24) is 14.8 Å². The zero-order chi connectivity index (χ0) is 21.8. The molecule has 2 amide bonds. The predicted molar refractivity (Wildman–Crippen MR) is 117 cm³/mol. The standard InChI is InChI=1S/C22H26BrN3O4/c1-14-11-26(15(2)13-27)22(29)18-9-17(23)10-24-20(18)30-19(14)12-25(3)21(28)16-7-5-4-6-8-16/h4-10,14-15,19,27H,11-13H2,1-3H3/t14-,15-,19+/m0/s1. The van der Waals surface area contributed by atoms with Gasteiger partial charge in [-0.05, 0) is 41.1 Å². The maximum absolute atomic E-state index is 13.1. The molecular formula is C22H26BrN3O4. The molecule has 1 N–H and O–H groups in total. The van der Waals surface area contributed by atoms with Gasteiger partial charge in [0, 0.05) is 35.7 Å². The third kappa shape index (κ3) is 4.82. The smallest absolute Gasteiger partial charge is 0.259 e. The van der Waals surface area contributed by atoms with E-state index in [2.05, 4.69) is 20.9 Å². The first-order chi connectivity index (χ1) is 14.3. The minimum Gasteiger partial charge on any atom is -0.472 e. The fourth-order valence-corrected chi connectivity index (χ4v) is 3.78. The number of aliphatic hydroxyl groups is 1. The molecule has 0 saturated heterocycles. The lowest BCUT2D eigenvalue weighted by atomic mass is 10.00. The van der Waals surface area contributed by atoms with Crippen molar-refractivity contribution in [1.29, 1.82) is 0 Å². The minimum absolute atomic E-state index is 0.0902. The summed E-state index contributed by atoms with van der Waals surface area (Å²) in [5.74, 6) is -0.198. The molecule has 160 valence electrons. The predicted octanol–water partition coefficient (Wildman–Crippen LogP) is 2.84. The number of amides is 2. The zero-order valence-corrected chi connectivity index (χ0v) is 18.9. The molecule has 1 aliphatic heterocycles. The van der Waals surface area contributed by atoms with Gasteiger partial charge in [0.05, 0.1) is 19.2 Å². The summed E-state index contributed by atoms with van der Waals surface area (Å²) in [6.45, 7) is 4.36. The van der Waals surface area contributed by atoms with E-state index in [-0.39, 0.29) is 42.4 Å². The summed E-state index contributed by atoms with van der Waals surface area (Å²) in [6, 6.07) is 10.4. The van der Waals surface area contributed by atoms with E-state index in [4.69, 9.17) is 4.74 Å². The Morgan fingerprint density at radius 3 is 2.77 bits per heavy atom. The Bertz CT molecular complexity index is 909. The number of fused-ring (bicyclic) bond motifs is 1. The average Bonchev–Trinajstić information content (AvgIpc) is 2.76. The number of ether oxygens (including phenoxy) is 1. The molecule has 0 unspecified atom stereocenters. The van der Waals surface area contributed by atoms with Gasteiger partial charge in [-0.1, -0.05) is 25.1 Å². The number of hydrogen-bond acceptors (Lipinski definition) is 5. The minimum atomic E-state index is -0.378. The molecule has 1 aromatic carbocycles. The lowest BCUT2D eigenvalue weighted by molar-refractivity contribution is 0.0313. The topological polar surface area (TPSA) is 83.0 Å². The fraction of sp³-hybridized carbons (Fsp3) is 0.409. The van der Waals surface area contributed by atoms with Gasteiger partial charge in [-0.3, -0.25) is 9.59 Å². The first-order valence-corrected chi connectivity index (χ1v) is 10.7. The van der Waals surface area contributed by atoms with Crippen LogP contribution in [0.4, 0.5) is 0 Å². The van der Waals surface area contributed by atoms with Crippen LogP contribution in [0, 0.1) is 5.92 Å². The summed E-state index contributed by atoms with van der Waals surface area (Å²) < 4.78 is 6.82. The van der Waals surface area contributed by atoms with Gasteiger partial charge in [0.25, 0.3) is 11.8 Å². The van der Waals surface area contributed by atoms with E-state index in [0.29, 0.717) is 28.7 Å². The second-order valence-corrected chi connectivity index (χ2v) is 8.60. The van der Waals surface area contributed by atoms with Gasteiger partial charge in [-0.25, -0.2) is 4.98 Å². The SMILES string of the molecule is C[C@H]1CN([C@@H](C)CO)C(=O)c2cc(Br)cnc2O[C@@H]1CN(C)C(=O)c1ccccc1. The van der Waals surface area contributed by atoms with Crippen molar-refractivity contribution in [3.8, 4) is 5.88 Å². The Balaban J connectivity index is 1.90. The van der Waals surface area contributed by atoms with Crippen LogP contribution in [-0.2, 0) is 0 Å². The highest BCUT2D eigenvalue weighted by molar-refractivity contribution is 9.10. The second kappa shape index (κ2) is 9.57. The van der Waals surface area contributed by atoms with Crippen LogP contribution < -0.4 is 4.74 Å². The molecule has 3 rings (SSSR count). The molecule has 8 heteroatoms. The maximum Gasteiger partial charge on any atom is 0.259 e. The van der Waals surface area contributed by atoms with Crippen molar-refractivity contribution in [2.75, 3.05) is 26.7 Å². The molecule has 0 aliphatic carbocycles. The van der Waals surface area contributed by atoms with Crippen molar-refractivity contribution in [2.45, 2.75) is 26.0 Å². The molecule has 0 saturated carbocycles. The van der Waals surface area contributed by atoms with Gasteiger partial charge in [0.1, 0.15) is 11.7 Å². The van der Waals surface area contributed by atoms with Crippen LogP contribution in [0.15, 0.2) is 47.1 Å². The molecular weight excluding hydrogens is 450 g/mol. The molecule has 2 heterocycles. The maximum atomic E-state index is 13.1. The molecule has 3 atom stereocenters. The Kier molecular flexibility index (Phi) is 7.10. The molecule has 7 nitrogen and oxygen atoms in total. The number of carbonyl (C=O) groups excluding carboxylic acids is 2. The van der Waals surface area contributed by atoms with E-state index in [1.54, 1.807) is 48.2 Å². The largest absolute Gasteiger partial charge is 0.472 e. The van der Waals surface area contributed by atoms with Gasteiger partial charge in [-0.15, -0.1) is 0 Å². The Morgan fingerprint density at radius 1 is 1.40 bits per heavy atom. The summed E-state index contributed by atoms with van der Waals surface area (Å²) in [5, 5.41) is 9.66. The van der Waals surface area contributed by atoms with Crippen LogP contribution >= 0.6 is 15.9 Å². The van der Waals surface area contributed by atoms with E-state index in [9.17, 15) is 14.7 Å². The van der Waals surface area contributed by atoms with Crippen molar-refractivity contribution < 1.29 is 19.4 Å². The van der Waals surface area contributed by atoms with Gasteiger partial charge in [-0.2, -0.15) is 0 Å². The summed E-state index contributed by atoms with van der Waals surface area (Å²) >= 11 is 3.36. The summed E-state index contributed by atoms with van der Waals surface area (Å²) in [7, 11) is 1.74. The van der Waals surface area contributed by atoms with Crippen LogP contribution in [0.1, 0.15) is 34.6 Å². The molecule has 0 fully saturated rings. The van der Waals surface area contributed by atoms with Crippen LogP contribution in [-0.4, -0.2) is 70.6 Å². The highest BCUT2D eigenvalue weighted by Crippen LogP contribution is 2.28. The highest BCUT2D eigenvalue weighted by atomic mass is 79.9. The van der Waals surface area contributed by atoms with Crippen molar-refractivity contribution in [2.24, 2.45) is 5.92 Å². The molecule has 1 aromatic heterocycles. The molecule has 0 spiro atoms. The van der Waals surface area contributed by atoms with E-state index >= 15 is 0 Å². The number of benzene rings is 1. The van der Waals surface area contributed by atoms with Crippen molar-refractivity contribution >= 4 is 27.7 Å². The summed E-state index contributed by atoms with van der Waals surface area (Å²) in [6.07, 6.45) is 1.20. The Morgan fingerprint density at radius 2 is 2.10 bits per heavy atom. The fourth-order valence-electron chi connectivity index (χ4n) is 3.45. The third-order valence-electron chi connectivity index (χ3n) is 5.31. The number of carbonyl (C=O) groups is 2. The highest BCUT2D eigenvalue weighted by Gasteiger charge is 2.34. The van der Waals surface area contributed by atoms with Crippen LogP contribution in [0.3, 0.4) is 0 Å². The number of hydrogen-bond donors (Lipinski definition) is 1. The number of rotatable bonds is 5. The number of aliphatic hydroxyl groups excluding tert-OH is 1. The first-order valence-electron chi connectivity index (χ1n) is 9.86. The second-order valence-electron chi connectivity index (χ2n) is 7.68. The molecule has 0 radical (unpaired) electrons. The van der Waals surface area contributed by atoms with Gasteiger partial charge in [0.2, 0.25) is 5.88 Å². The number of halogens is 1. The van der Waals surface area contributed by atoms with E-state index in [1.807, 2.05) is 25.1 Å². The number of likely N-dealkylation sites (N-methyl/N-ethyl adjacent to an activating group) is 1. The van der Waals surface area contributed by atoms with Gasteiger partial charge < -0.3 is 19.6 Å². The van der Waals surface area contributed by atoms with E-state index in [1.165, 1.54) is 0 Å². The van der Waals surface area contributed by atoms with Crippen LogP contribution in [0.5, 0.6) is 5.88 Å². The lowest BCUT2D eigenvalue weighted by Gasteiger charge is -2.37. The normalized spacial score (nSPS) is 19.9. The molecule has 0 bridgehead atoms. The number of pyridine rings is 1. The quantitative estimate of drug-likeness (QED) is 0.718.